The van der Waals surface area contributed by atoms with E-state index in [1.54, 1.807) is 4.90 Å². The number of benzene rings is 3. The predicted octanol–water partition coefficient (Wildman–Crippen LogP) is 6.70. The first-order valence-corrected chi connectivity index (χ1v) is 11.5. The molecular weight excluding hydrogens is 465 g/mol. The predicted molar refractivity (Wildman–Crippen MR) is 134 cm³/mol. The third-order valence-corrected chi connectivity index (χ3v) is 6.39. The van der Waals surface area contributed by atoms with Crippen LogP contribution in [0.3, 0.4) is 0 Å². The second-order valence-electron chi connectivity index (χ2n) is 8.96. The number of alkyl halides is 3. The first kappa shape index (κ1) is 23.5. The van der Waals surface area contributed by atoms with Gasteiger partial charge in [0.05, 0.1) is 23.8 Å². The molecule has 1 N–H and O–H groups in total. The number of nitrogens with zero attached hydrogens (tertiary/aromatic N) is 3. The number of nitrogens with one attached hydrogen (secondary N) is 1. The third-order valence-electron chi connectivity index (χ3n) is 6.39. The number of carbonyl (C=O) groups is 1. The molecule has 2 amide bonds. The Morgan fingerprint density at radius 2 is 1.69 bits per heavy atom. The highest BCUT2D eigenvalue weighted by molar-refractivity contribution is 5.90. The first-order valence-electron chi connectivity index (χ1n) is 11.5. The standard InChI is InChI=1S/C28H25F3N4O/c1-33(2)23-14-12-19(13-15-23)26-25-11-6-16-34(25)24-10-4-3-7-20(24)18-35(26)27(36)32-22-9-5-8-21(17-22)28(29,30)31/h3-17,26H,18H2,1-2H3,(H,32,36)/t26-/m1/s1. The van der Waals surface area contributed by atoms with Crippen molar-refractivity contribution in [2.75, 3.05) is 24.3 Å². The molecule has 8 heteroatoms. The quantitative estimate of drug-likeness (QED) is 0.347. The van der Waals surface area contributed by atoms with E-state index in [1.807, 2.05) is 85.9 Å². The summed E-state index contributed by atoms with van der Waals surface area (Å²) >= 11 is 0. The summed E-state index contributed by atoms with van der Waals surface area (Å²) in [4.78, 5) is 17.4. The molecule has 0 spiro atoms. The van der Waals surface area contributed by atoms with E-state index in [1.165, 1.54) is 12.1 Å². The Hall–Kier alpha value is -4.20. The number of para-hydroxylation sites is 1. The van der Waals surface area contributed by atoms with Crippen LogP contribution in [0, 0.1) is 0 Å². The molecule has 2 heterocycles. The number of rotatable bonds is 3. The van der Waals surface area contributed by atoms with Gasteiger partial charge in [0.2, 0.25) is 0 Å². The number of urea groups is 1. The van der Waals surface area contributed by atoms with Crippen LogP contribution in [0.25, 0.3) is 5.69 Å². The minimum atomic E-state index is -4.50. The van der Waals surface area contributed by atoms with E-state index >= 15 is 0 Å². The Morgan fingerprint density at radius 1 is 0.944 bits per heavy atom. The van der Waals surface area contributed by atoms with E-state index < -0.39 is 23.8 Å². The van der Waals surface area contributed by atoms with Crippen LogP contribution in [0.2, 0.25) is 0 Å². The fourth-order valence-corrected chi connectivity index (χ4v) is 4.61. The average Bonchev–Trinajstić information content (AvgIpc) is 3.28. The molecule has 0 saturated carbocycles. The summed E-state index contributed by atoms with van der Waals surface area (Å²) in [6.07, 6.45) is -2.54. The van der Waals surface area contributed by atoms with Gasteiger partial charge in [-0.15, -0.1) is 0 Å². The van der Waals surface area contributed by atoms with Crippen LogP contribution >= 0.6 is 0 Å². The van der Waals surface area contributed by atoms with Gasteiger partial charge >= 0.3 is 12.2 Å². The van der Waals surface area contributed by atoms with E-state index in [4.69, 9.17) is 0 Å². The molecule has 0 bridgehead atoms. The maximum Gasteiger partial charge on any atom is 0.416 e. The third kappa shape index (κ3) is 4.42. The highest BCUT2D eigenvalue weighted by Crippen LogP contribution is 2.38. The smallest absolute Gasteiger partial charge is 0.378 e. The molecule has 0 saturated heterocycles. The van der Waals surface area contributed by atoms with E-state index in [0.29, 0.717) is 0 Å². The van der Waals surface area contributed by atoms with Crippen molar-refractivity contribution in [1.29, 1.82) is 0 Å². The van der Waals surface area contributed by atoms with Crippen molar-refractivity contribution >= 4 is 17.4 Å². The normalized spacial score (nSPS) is 15.0. The topological polar surface area (TPSA) is 40.5 Å². The minimum absolute atomic E-state index is 0.0874. The Kier molecular flexibility index (Phi) is 5.96. The highest BCUT2D eigenvalue weighted by atomic mass is 19.4. The van der Waals surface area contributed by atoms with Crippen molar-refractivity contribution in [3.63, 3.8) is 0 Å². The van der Waals surface area contributed by atoms with E-state index in [0.717, 1.165) is 40.3 Å². The Labute approximate surface area is 207 Å². The van der Waals surface area contributed by atoms with Crippen LogP contribution in [0.1, 0.15) is 28.4 Å². The van der Waals surface area contributed by atoms with E-state index in [2.05, 4.69) is 9.88 Å². The molecule has 0 unspecified atom stereocenters. The van der Waals surface area contributed by atoms with E-state index in [-0.39, 0.29) is 12.2 Å². The molecule has 0 aliphatic carbocycles. The van der Waals surface area contributed by atoms with Gasteiger partial charge in [0.15, 0.2) is 0 Å². The van der Waals surface area contributed by atoms with Crippen molar-refractivity contribution < 1.29 is 18.0 Å². The summed E-state index contributed by atoms with van der Waals surface area (Å²) in [7, 11) is 3.91. The summed E-state index contributed by atoms with van der Waals surface area (Å²) in [5.74, 6) is 0. The van der Waals surface area contributed by atoms with Crippen molar-refractivity contribution in [2.45, 2.75) is 18.8 Å². The molecule has 184 valence electrons. The zero-order valence-electron chi connectivity index (χ0n) is 19.8. The fraction of sp³-hybridized carbons (Fsp3) is 0.179. The van der Waals surface area contributed by atoms with Crippen molar-refractivity contribution in [3.8, 4) is 5.69 Å². The van der Waals surface area contributed by atoms with Crippen LogP contribution in [0.5, 0.6) is 0 Å². The molecular formula is C28H25F3N4O. The molecule has 1 aliphatic heterocycles. The monoisotopic (exact) mass is 490 g/mol. The van der Waals surface area contributed by atoms with Gasteiger partial charge in [-0.05, 0) is 59.7 Å². The van der Waals surface area contributed by atoms with Crippen molar-refractivity contribution in [2.24, 2.45) is 0 Å². The summed E-state index contributed by atoms with van der Waals surface area (Å²) in [6.45, 7) is 0.281. The van der Waals surface area contributed by atoms with Crippen LogP contribution in [-0.4, -0.2) is 29.6 Å². The number of hydrogen-bond donors (Lipinski definition) is 1. The molecule has 1 atom stereocenters. The summed E-state index contributed by atoms with van der Waals surface area (Å²) in [5, 5.41) is 2.70. The van der Waals surface area contributed by atoms with Gasteiger partial charge in [-0.25, -0.2) is 4.79 Å². The molecule has 1 aliphatic rings. The summed E-state index contributed by atoms with van der Waals surface area (Å²) < 4.78 is 41.8. The van der Waals surface area contributed by atoms with Crippen LogP contribution in [0.15, 0.2) is 91.1 Å². The molecule has 1 aromatic heterocycles. The average molecular weight is 491 g/mol. The number of anilines is 2. The van der Waals surface area contributed by atoms with Gasteiger partial charge in [0.1, 0.15) is 0 Å². The first-order chi connectivity index (χ1) is 17.2. The van der Waals surface area contributed by atoms with E-state index in [9.17, 15) is 18.0 Å². The van der Waals surface area contributed by atoms with Gasteiger partial charge in [0.25, 0.3) is 0 Å². The molecule has 0 radical (unpaired) electrons. The van der Waals surface area contributed by atoms with Gasteiger partial charge in [-0.1, -0.05) is 36.4 Å². The lowest BCUT2D eigenvalue weighted by atomic mass is 10.0. The number of carbonyl (C=O) groups excluding carboxylic acids is 1. The lowest BCUT2D eigenvalue weighted by Crippen LogP contribution is -2.38. The SMILES string of the molecule is CN(C)c1ccc([C@@H]2c3cccn3-c3ccccc3CN2C(=O)Nc2cccc(C(F)(F)F)c2)cc1. The second-order valence-corrected chi connectivity index (χ2v) is 8.96. The number of aromatic nitrogens is 1. The Morgan fingerprint density at radius 3 is 2.42 bits per heavy atom. The Balaban J connectivity index is 1.58. The lowest BCUT2D eigenvalue weighted by Gasteiger charge is -2.31. The number of amides is 2. The summed E-state index contributed by atoms with van der Waals surface area (Å²) in [6, 6.07) is 23.4. The molecule has 4 aromatic rings. The Bertz CT molecular complexity index is 1390. The van der Waals surface area contributed by atoms with Crippen LogP contribution in [-0.2, 0) is 12.7 Å². The maximum absolute atomic E-state index is 13.7. The van der Waals surface area contributed by atoms with Gasteiger partial charge in [-0.3, -0.25) is 0 Å². The van der Waals surface area contributed by atoms with Crippen molar-refractivity contribution in [1.82, 2.24) is 9.47 Å². The molecule has 5 rings (SSSR count). The lowest BCUT2D eigenvalue weighted by molar-refractivity contribution is -0.137. The van der Waals surface area contributed by atoms with Crippen LogP contribution in [0.4, 0.5) is 29.3 Å². The maximum atomic E-state index is 13.7. The number of hydrogen-bond acceptors (Lipinski definition) is 2. The molecule has 3 aromatic carbocycles. The van der Waals surface area contributed by atoms with Gasteiger partial charge in [0, 0.05) is 37.4 Å². The second kappa shape index (κ2) is 9.11. The summed E-state index contributed by atoms with van der Waals surface area (Å²) in [5.41, 5.74) is 3.97. The fourth-order valence-electron chi connectivity index (χ4n) is 4.61. The number of halogens is 3. The minimum Gasteiger partial charge on any atom is -0.378 e. The highest BCUT2D eigenvalue weighted by Gasteiger charge is 2.34. The molecule has 36 heavy (non-hydrogen) atoms. The van der Waals surface area contributed by atoms with Gasteiger partial charge in [-0.2, -0.15) is 13.2 Å². The zero-order valence-corrected chi connectivity index (χ0v) is 19.8. The van der Waals surface area contributed by atoms with Gasteiger partial charge < -0.3 is 19.7 Å². The molecule has 5 nitrogen and oxygen atoms in total. The largest absolute Gasteiger partial charge is 0.416 e. The zero-order chi connectivity index (χ0) is 25.4. The van der Waals surface area contributed by atoms with Crippen molar-refractivity contribution in [3.05, 3.63) is 114 Å². The number of fused-ring (bicyclic) bond motifs is 3. The van der Waals surface area contributed by atoms with Crippen LogP contribution < -0.4 is 10.2 Å². The molecule has 0 fully saturated rings.